The van der Waals surface area contributed by atoms with Gasteiger partial charge in [-0.2, -0.15) is 0 Å². The molecule has 1 unspecified atom stereocenters. The molecule has 0 spiro atoms. The molecule has 1 aliphatic heterocycles. The fraction of sp³-hybridized carbons (Fsp3) is 0.480. The zero-order chi connectivity index (χ0) is 21.0. The summed E-state index contributed by atoms with van der Waals surface area (Å²) in [5, 5.41) is 16.5. The Balaban J connectivity index is 0.00000341. The Labute approximate surface area is 204 Å². The molecule has 2 aromatic carbocycles. The highest BCUT2D eigenvalue weighted by atomic mass is 127. The molecule has 0 aliphatic carbocycles. The smallest absolute Gasteiger partial charge is 0.191 e. The van der Waals surface area contributed by atoms with E-state index in [1.807, 2.05) is 18.2 Å². The average molecular weight is 537 g/mol. The number of aliphatic hydroxyl groups is 1. The number of hydrogen-bond acceptors (Lipinski definition) is 3. The van der Waals surface area contributed by atoms with Crippen LogP contribution in [0.4, 0.5) is 0 Å². The molecule has 5 nitrogen and oxygen atoms in total. The van der Waals surface area contributed by atoms with E-state index < -0.39 is 0 Å². The Bertz CT molecular complexity index is 776. The molecule has 1 saturated heterocycles. The van der Waals surface area contributed by atoms with Gasteiger partial charge in [0.25, 0.3) is 0 Å². The monoisotopic (exact) mass is 536 g/mol. The van der Waals surface area contributed by atoms with Crippen LogP contribution >= 0.6 is 24.0 Å². The molecule has 0 amide bonds. The first-order valence-corrected chi connectivity index (χ1v) is 11.2. The first-order valence-electron chi connectivity index (χ1n) is 11.2. The van der Waals surface area contributed by atoms with Crippen LogP contribution in [0.5, 0.6) is 0 Å². The van der Waals surface area contributed by atoms with Crippen molar-refractivity contribution >= 4 is 29.9 Å². The fourth-order valence-corrected chi connectivity index (χ4v) is 4.03. The third-order valence-electron chi connectivity index (χ3n) is 5.79. The Morgan fingerprint density at radius 3 is 2.35 bits per heavy atom. The van der Waals surface area contributed by atoms with E-state index in [2.05, 4.69) is 56.9 Å². The van der Waals surface area contributed by atoms with Crippen LogP contribution in [0.2, 0.25) is 0 Å². The molecule has 6 heteroatoms. The van der Waals surface area contributed by atoms with Crippen molar-refractivity contribution in [1.29, 1.82) is 0 Å². The van der Waals surface area contributed by atoms with E-state index in [1.54, 1.807) is 7.05 Å². The summed E-state index contributed by atoms with van der Waals surface area (Å²) in [6, 6.07) is 18.9. The third-order valence-corrected chi connectivity index (χ3v) is 5.79. The van der Waals surface area contributed by atoms with Crippen molar-refractivity contribution in [3.05, 3.63) is 71.3 Å². The summed E-state index contributed by atoms with van der Waals surface area (Å²) < 4.78 is 0. The van der Waals surface area contributed by atoms with Crippen LogP contribution in [0, 0.1) is 0 Å². The van der Waals surface area contributed by atoms with Crippen molar-refractivity contribution in [2.75, 3.05) is 33.3 Å². The van der Waals surface area contributed by atoms with Gasteiger partial charge in [-0.1, -0.05) is 67.4 Å². The van der Waals surface area contributed by atoms with E-state index in [9.17, 15) is 5.11 Å². The van der Waals surface area contributed by atoms with Gasteiger partial charge < -0.3 is 15.7 Å². The van der Waals surface area contributed by atoms with Gasteiger partial charge in [0.1, 0.15) is 0 Å². The minimum absolute atomic E-state index is 0. The number of halogens is 1. The van der Waals surface area contributed by atoms with Gasteiger partial charge in [-0.15, -0.1) is 24.0 Å². The summed E-state index contributed by atoms with van der Waals surface area (Å²) in [5.41, 5.74) is 3.76. The summed E-state index contributed by atoms with van der Waals surface area (Å²) in [6.45, 7) is 4.93. The van der Waals surface area contributed by atoms with Crippen molar-refractivity contribution in [3.8, 4) is 0 Å². The maximum Gasteiger partial charge on any atom is 0.191 e. The molecule has 0 bridgehead atoms. The summed E-state index contributed by atoms with van der Waals surface area (Å²) in [6.07, 6.45) is 5.38. The Kier molecular flexibility index (Phi) is 11.9. The van der Waals surface area contributed by atoms with Gasteiger partial charge >= 0.3 is 0 Å². The van der Waals surface area contributed by atoms with Crippen molar-refractivity contribution in [1.82, 2.24) is 15.5 Å². The van der Waals surface area contributed by atoms with Gasteiger partial charge in [0.05, 0.1) is 6.61 Å². The van der Waals surface area contributed by atoms with Gasteiger partial charge in [-0.3, -0.25) is 9.89 Å². The largest absolute Gasteiger partial charge is 0.396 e. The van der Waals surface area contributed by atoms with Gasteiger partial charge in [0.2, 0.25) is 0 Å². The van der Waals surface area contributed by atoms with E-state index >= 15 is 0 Å². The molecule has 1 aliphatic rings. The summed E-state index contributed by atoms with van der Waals surface area (Å²) in [7, 11) is 1.78. The van der Waals surface area contributed by atoms with Gasteiger partial charge in [0, 0.05) is 32.6 Å². The molecule has 0 saturated carbocycles. The third kappa shape index (κ3) is 8.79. The Hall–Kier alpha value is -1.64. The minimum atomic E-state index is 0. The van der Waals surface area contributed by atoms with Crippen LogP contribution in [0.15, 0.2) is 59.6 Å². The number of nitrogens with zero attached hydrogens (tertiary/aromatic N) is 2. The molecule has 0 radical (unpaired) electrons. The molecule has 3 rings (SSSR count). The minimum Gasteiger partial charge on any atom is -0.396 e. The average Bonchev–Trinajstić information content (AvgIpc) is 3.06. The quantitative estimate of drug-likeness (QED) is 0.270. The SMILES string of the molecule is CN=C(NCc1cccc(CN2CCCCCC2)c1)NCC(CO)c1ccccc1.I. The number of aliphatic imine (C=N–C) groups is 1. The fourth-order valence-electron chi connectivity index (χ4n) is 4.03. The van der Waals surface area contributed by atoms with Gasteiger partial charge in [0.15, 0.2) is 5.96 Å². The molecular weight excluding hydrogens is 499 g/mol. The highest BCUT2D eigenvalue weighted by Gasteiger charge is 2.12. The second kappa shape index (κ2) is 14.4. The second-order valence-corrected chi connectivity index (χ2v) is 8.11. The molecule has 2 aromatic rings. The molecular formula is C25H37IN4O. The molecule has 3 N–H and O–H groups in total. The molecule has 31 heavy (non-hydrogen) atoms. The number of guanidine groups is 1. The summed E-state index contributed by atoms with van der Waals surface area (Å²) in [5.74, 6) is 0.795. The lowest BCUT2D eigenvalue weighted by molar-refractivity contribution is 0.265. The Morgan fingerprint density at radius 2 is 1.68 bits per heavy atom. The number of nitrogens with one attached hydrogen (secondary N) is 2. The zero-order valence-electron chi connectivity index (χ0n) is 18.6. The van der Waals surface area contributed by atoms with Crippen LogP contribution in [0.25, 0.3) is 0 Å². The molecule has 1 heterocycles. The molecule has 0 aromatic heterocycles. The van der Waals surface area contributed by atoms with Crippen molar-refractivity contribution in [3.63, 3.8) is 0 Å². The van der Waals surface area contributed by atoms with E-state index in [4.69, 9.17) is 0 Å². The van der Waals surface area contributed by atoms with Crippen LogP contribution in [-0.4, -0.2) is 49.3 Å². The number of aliphatic hydroxyl groups excluding tert-OH is 1. The predicted molar refractivity (Wildman–Crippen MR) is 140 cm³/mol. The van der Waals surface area contributed by atoms with Crippen LogP contribution < -0.4 is 10.6 Å². The Morgan fingerprint density at radius 1 is 0.968 bits per heavy atom. The number of hydrogen-bond donors (Lipinski definition) is 3. The number of benzene rings is 2. The highest BCUT2D eigenvalue weighted by molar-refractivity contribution is 14.0. The second-order valence-electron chi connectivity index (χ2n) is 8.11. The molecule has 170 valence electrons. The van der Waals surface area contributed by atoms with Crippen LogP contribution in [0.1, 0.15) is 48.3 Å². The highest BCUT2D eigenvalue weighted by Crippen LogP contribution is 2.15. The standard InChI is InChI=1S/C25H36N4O.HI/c1-26-25(28-18-24(20-30)23-12-5-4-6-13-23)27-17-21-10-9-11-22(16-21)19-29-14-7-2-3-8-15-29;/h4-6,9-13,16,24,30H,2-3,7-8,14-15,17-20H2,1H3,(H2,26,27,28);1H. The van der Waals surface area contributed by atoms with Crippen LogP contribution in [-0.2, 0) is 13.1 Å². The summed E-state index contributed by atoms with van der Waals surface area (Å²) in [4.78, 5) is 6.92. The summed E-state index contributed by atoms with van der Waals surface area (Å²) >= 11 is 0. The van der Waals surface area contributed by atoms with Gasteiger partial charge in [-0.25, -0.2) is 0 Å². The van der Waals surface area contributed by atoms with Crippen LogP contribution in [0.3, 0.4) is 0 Å². The van der Waals surface area contributed by atoms with Crippen molar-refractivity contribution < 1.29 is 5.11 Å². The van der Waals surface area contributed by atoms with E-state index in [1.165, 1.54) is 49.9 Å². The van der Waals surface area contributed by atoms with Crippen molar-refractivity contribution in [2.45, 2.75) is 44.7 Å². The lowest BCUT2D eigenvalue weighted by Crippen LogP contribution is -2.39. The normalized spacial score (nSPS) is 16.1. The predicted octanol–water partition coefficient (Wildman–Crippen LogP) is 4.12. The first-order chi connectivity index (χ1) is 14.8. The van der Waals surface area contributed by atoms with E-state index in [0.717, 1.165) is 24.6 Å². The van der Waals surface area contributed by atoms with Gasteiger partial charge in [-0.05, 0) is 42.6 Å². The topological polar surface area (TPSA) is 59.9 Å². The maximum atomic E-state index is 9.75. The van der Waals surface area contributed by atoms with E-state index in [-0.39, 0.29) is 36.5 Å². The lowest BCUT2D eigenvalue weighted by atomic mass is 10.0. The number of rotatable bonds is 8. The lowest BCUT2D eigenvalue weighted by Gasteiger charge is -2.20. The zero-order valence-corrected chi connectivity index (χ0v) is 20.9. The first kappa shape index (κ1) is 25.6. The molecule has 1 atom stereocenters. The van der Waals surface area contributed by atoms with Crippen molar-refractivity contribution in [2.24, 2.45) is 4.99 Å². The molecule has 1 fully saturated rings. The number of likely N-dealkylation sites (tertiary alicyclic amines) is 1. The maximum absolute atomic E-state index is 9.75. The van der Waals surface area contributed by atoms with E-state index in [0.29, 0.717) is 6.54 Å².